The van der Waals surface area contributed by atoms with Crippen molar-refractivity contribution in [1.29, 1.82) is 0 Å². The van der Waals surface area contributed by atoms with Crippen LogP contribution in [0.5, 0.6) is 5.75 Å². The molecule has 6 heteroatoms. The number of methoxy groups -OCH3 is 2. The van der Waals surface area contributed by atoms with Crippen molar-refractivity contribution < 1.29 is 18.7 Å². The van der Waals surface area contributed by atoms with Gasteiger partial charge < -0.3 is 9.47 Å². The standard InChI is InChI=1S/C12H10FNO3S/c1-16-10-4-3-7(5-8(10)13)9-6-18-11(14-9)12(15)17-2/h3-6H,1-2H3. The molecular formula is C12H10FNO3S. The molecule has 94 valence electrons. The number of ether oxygens (including phenoxy) is 2. The highest BCUT2D eigenvalue weighted by atomic mass is 32.1. The molecule has 0 aliphatic rings. The first kappa shape index (κ1) is 12.5. The van der Waals surface area contributed by atoms with Crippen LogP contribution in [0.4, 0.5) is 4.39 Å². The van der Waals surface area contributed by atoms with Crippen LogP contribution in [0, 0.1) is 5.82 Å². The van der Waals surface area contributed by atoms with E-state index in [0.29, 0.717) is 11.3 Å². The van der Waals surface area contributed by atoms with E-state index in [2.05, 4.69) is 9.72 Å². The molecule has 0 spiro atoms. The van der Waals surface area contributed by atoms with Gasteiger partial charge in [0, 0.05) is 10.9 Å². The Morgan fingerprint density at radius 2 is 2.17 bits per heavy atom. The molecule has 0 bridgehead atoms. The van der Waals surface area contributed by atoms with Crippen molar-refractivity contribution in [3.8, 4) is 17.0 Å². The lowest BCUT2D eigenvalue weighted by Gasteiger charge is -2.02. The molecule has 0 fully saturated rings. The summed E-state index contributed by atoms with van der Waals surface area (Å²) in [5.41, 5.74) is 1.11. The van der Waals surface area contributed by atoms with Gasteiger partial charge in [0.2, 0.25) is 5.01 Å². The van der Waals surface area contributed by atoms with Crippen LogP contribution >= 0.6 is 11.3 Å². The van der Waals surface area contributed by atoms with Gasteiger partial charge in [-0.1, -0.05) is 0 Å². The van der Waals surface area contributed by atoms with Crippen molar-refractivity contribution in [2.24, 2.45) is 0 Å². The fraction of sp³-hybridized carbons (Fsp3) is 0.167. The molecule has 0 aliphatic heterocycles. The smallest absolute Gasteiger partial charge is 0.367 e. The van der Waals surface area contributed by atoms with Crippen molar-refractivity contribution in [1.82, 2.24) is 4.98 Å². The van der Waals surface area contributed by atoms with E-state index in [0.717, 1.165) is 11.3 Å². The Hall–Kier alpha value is -1.95. The van der Waals surface area contributed by atoms with E-state index >= 15 is 0 Å². The third-order valence-corrected chi connectivity index (χ3v) is 3.13. The van der Waals surface area contributed by atoms with Crippen LogP contribution in [0.1, 0.15) is 9.80 Å². The molecule has 0 saturated heterocycles. The first-order valence-corrected chi connectivity index (χ1v) is 5.91. The number of hydrogen-bond acceptors (Lipinski definition) is 5. The summed E-state index contributed by atoms with van der Waals surface area (Å²) in [6.45, 7) is 0. The van der Waals surface area contributed by atoms with Gasteiger partial charge in [-0.15, -0.1) is 11.3 Å². The van der Waals surface area contributed by atoms with E-state index in [1.165, 1.54) is 26.4 Å². The molecule has 1 heterocycles. The van der Waals surface area contributed by atoms with Crippen LogP contribution in [0.25, 0.3) is 11.3 Å². The Morgan fingerprint density at radius 1 is 1.39 bits per heavy atom. The highest BCUT2D eigenvalue weighted by molar-refractivity contribution is 7.11. The summed E-state index contributed by atoms with van der Waals surface area (Å²) in [4.78, 5) is 15.3. The average molecular weight is 267 g/mol. The second-order valence-corrected chi connectivity index (χ2v) is 4.24. The van der Waals surface area contributed by atoms with Crippen molar-refractivity contribution in [2.75, 3.05) is 14.2 Å². The second-order valence-electron chi connectivity index (χ2n) is 3.38. The lowest BCUT2D eigenvalue weighted by atomic mass is 10.1. The molecular weight excluding hydrogens is 257 g/mol. The molecule has 0 N–H and O–H groups in total. The number of aromatic nitrogens is 1. The van der Waals surface area contributed by atoms with E-state index in [-0.39, 0.29) is 10.8 Å². The lowest BCUT2D eigenvalue weighted by Crippen LogP contribution is -1.99. The normalized spacial score (nSPS) is 10.2. The highest BCUT2D eigenvalue weighted by Crippen LogP contribution is 2.26. The zero-order chi connectivity index (χ0) is 13.1. The summed E-state index contributed by atoms with van der Waals surface area (Å²) in [5, 5.41) is 1.91. The fourth-order valence-electron chi connectivity index (χ4n) is 1.41. The van der Waals surface area contributed by atoms with E-state index in [4.69, 9.17) is 4.74 Å². The molecule has 2 aromatic rings. The third-order valence-electron chi connectivity index (χ3n) is 2.31. The maximum absolute atomic E-state index is 13.5. The van der Waals surface area contributed by atoms with E-state index in [1.54, 1.807) is 11.4 Å². The van der Waals surface area contributed by atoms with Crippen molar-refractivity contribution in [3.05, 3.63) is 34.4 Å². The Bertz CT molecular complexity index is 582. The van der Waals surface area contributed by atoms with Gasteiger partial charge in [-0.25, -0.2) is 14.2 Å². The van der Waals surface area contributed by atoms with Crippen molar-refractivity contribution in [3.63, 3.8) is 0 Å². The molecule has 0 aliphatic carbocycles. The number of hydrogen-bond donors (Lipinski definition) is 0. The van der Waals surface area contributed by atoms with Crippen molar-refractivity contribution >= 4 is 17.3 Å². The van der Waals surface area contributed by atoms with Gasteiger partial charge in [0.15, 0.2) is 11.6 Å². The van der Waals surface area contributed by atoms with Gasteiger partial charge in [-0.2, -0.15) is 0 Å². The summed E-state index contributed by atoms with van der Waals surface area (Å²) in [6, 6.07) is 4.51. The van der Waals surface area contributed by atoms with Gasteiger partial charge in [0.25, 0.3) is 0 Å². The maximum Gasteiger partial charge on any atom is 0.367 e. The predicted octanol–water partition coefficient (Wildman–Crippen LogP) is 2.74. The fourth-order valence-corrected chi connectivity index (χ4v) is 2.16. The second kappa shape index (κ2) is 5.14. The van der Waals surface area contributed by atoms with Gasteiger partial charge in [0.05, 0.1) is 19.9 Å². The summed E-state index contributed by atoms with van der Waals surface area (Å²) in [6.07, 6.45) is 0. The predicted molar refractivity (Wildman–Crippen MR) is 65.4 cm³/mol. The zero-order valence-electron chi connectivity index (χ0n) is 9.77. The van der Waals surface area contributed by atoms with Gasteiger partial charge in [-0.05, 0) is 18.2 Å². The molecule has 1 aromatic carbocycles. The Morgan fingerprint density at radius 3 is 2.78 bits per heavy atom. The van der Waals surface area contributed by atoms with Crippen LogP contribution in [-0.4, -0.2) is 25.2 Å². The molecule has 0 unspecified atom stereocenters. The average Bonchev–Trinajstić information content (AvgIpc) is 2.87. The first-order chi connectivity index (χ1) is 8.65. The number of halogens is 1. The first-order valence-electron chi connectivity index (χ1n) is 5.03. The third kappa shape index (κ3) is 2.33. The van der Waals surface area contributed by atoms with Gasteiger partial charge >= 0.3 is 5.97 Å². The van der Waals surface area contributed by atoms with Crippen LogP contribution in [0.3, 0.4) is 0 Å². The molecule has 4 nitrogen and oxygen atoms in total. The number of rotatable bonds is 3. The van der Waals surface area contributed by atoms with E-state index in [9.17, 15) is 9.18 Å². The quantitative estimate of drug-likeness (QED) is 0.802. The van der Waals surface area contributed by atoms with Crippen LogP contribution in [-0.2, 0) is 4.74 Å². The van der Waals surface area contributed by atoms with Crippen molar-refractivity contribution in [2.45, 2.75) is 0 Å². The summed E-state index contributed by atoms with van der Waals surface area (Å²) < 4.78 is 22.9. The van der Waals surface area contributed by atoms with E-state index in [1.807, 2.05) is 0 Å². The number of carbonyl (C=O) groups excluding carboxylic acids is 1. The minimum atomic E-state index is -0.500. The van der Waals surface area contributed by atoms with Gasteiger partial charge in [0.1, 0.15) is 0 Å². The Kier molecular flexibility index (Phi) is 3.57. The molecule has 0 saturated carbocycles. The Balaban J connectivity index is 2.34. The maximum atomic E-state index is 13.5. The minimum absolute atomic E-state index is 0.169. The van der Waals surface area contributed by atoms with E-state index < -0.39 is 11.8 Å². The topological polar surface area (TPSA) is 48.4 Å². The van der Waals surface area contributed by atoms with Gasteiger partial charge in [-0.3, -0.25) is 0 Å². The summed E-state index contributed by atoms with van der Waals surface area (Å²) >= 11 is 1.15. The number of benzene rings is 1. The molecule has 0 radical (unpaired) electrons. The number of carbonyl (C=O) groups is 1. The monoisotopic (exact) mass is 267 g/mol. The number of nitrogens with zero attached hydrogens (tertiary/aromatic N) is 1. The molecule has 0 atom stereocenters. The molecule has 2 rings (SSSR count). The van der Waals surface area contributed by atoms with Crippen LogP contribution in [0.2, 0.25) is 0 Å². The van der Waals surface area contributed by atoms with Crippen LogP contribution in [0.15, 0.2) is 23.6 Å². The number of thiazole rings is 1. The Labute approximate surface area is 107 Å². The highest BCUT2D eigenvalue weighted by Gasteiger charge is 2.13. The zero-order valence-corrected chi connectivity index (χ0v) is 10.6. The summed E-state index contributed by atoms with van der Waals surface area (Å²) in [7, 11) is 2.69. The molecule has 18 heavy (non-hydrogen) atoms. The summed E-state index contributed by atoms with van der Waals surface area (Å²) in [5.74, 6) is -0.801. The molecule has 0 amide bonds. The lowest BCUT2D eigenvalue weighted by molar-refractivity contribution is 0.0600. The number of esters is 1. The minimum Gasteiger partial charge on any atom is -0.494 e. The van der Waals surface area contributed by atoms with Crippen LogP contribution < -0.4 is 4.74 Å². The molecule has 1 aromatic heterocycles. The largest absolute Gasteiger partial charge is 0.494 e. The SMILES string of the molecule is COC(=O)c1nc(-c2ccc(OC)c(F)c2)cs1.